The van der Waals surface area contributed by atoms with E-state index in [4.69, 9.17) is 4.74 Å². The number of carbonyl (C=O) groups excluding carboxylic acids is 1. The lowest BCUT2D eigenvalue weighted by molar-refractivity contribution is -0.121. The molecule has 21 heavy (non-hydrogen) atoms. The van der Waals surface area contributed by atoms with Crippen LogP contribution in [0.5, 0.6) is 5.88 Å². The number of amides is 1. The quantitative estimate of drug-likeness (QED) is 0.834. The van der Waals surface area contributed by atoms with Crippen LogP contribution in [0, 0.1) is 0 Å². The molecule has 0 spiro atoms. The second-order valence-corrected chi connectivity index (χ2v) is 4.90. The molecule has 0 fully saturated rings. The number of H-pyrrole nitrogens is 1. The highest BCUT2D eigenvalue weighted by Gasteiger charge is 2.26. The van der Waals surface area contributed by atoms with Crippen LogP contribution in [0.15, 0.2) is 24.4 Å². The SMILES string of the molecule is CNC(=O)CN1Cc2[nH]nc(COc3ccccn3)c2C1. The van der Waals surface area contributed by atoms with E-state index in [9.17, 15) is 4.79 Å². The Bertz CT molecular complexity index is 626. The van der Waals surface area contributed by atoms with Crippen molar-refractivity contribution in [3.63, 3.8) is 0 Å². The second kappa shape index (κ2) is 5.92. The summed E-state index contributed by atoms with van der Waals surface area (Å²) in [6.45, 7) is 2.18. The Morgan fingerprint density at radius 2 is 2.38 bits per heavy atom. The van der Waals surface area contributed by atoms with Crippen LogP contribution in [-0.2, 0) is 24.5 Å². The van der Waals surface area contributed by atoms with E-state index < -0.39 is 0 Å². The third-order valence-electron chi connectivity index (χ3n) is 3.44. The number of fused-ring (bicyclic) bond motifs is 1. The first-order valence-electron chi connectivity index (χ1n) is 6.78. The van der Waals surface area contributed by atoms with Crippen molar-refractivity contribution in [2.24, 2.45) is 0 Å². The average molecular weight is 287 g/mol. The minimum Gasteiger partial charge on any atom is -0.471 e. The number of likely N-dealkylation sites (N-methyl/N-ethyl adjacent to an activating group) is 1. The van der Waals surface area contributed by atoms with Gasteiger partial charge in [0.15, 0.2) is 0 Å². The van der Waals surface area contributed by atoms with Gasteiger partial charge >= 0.3 is 0 Å². The van der Waals surface area contributed by atoms with Gasteiger partial charge in [0.25, 0.3) is 0 Å². The molecule has 3 heterocycles. The van der Waals surface area contributed by atoms with Crippen molar-refractivity contribution in [2.45, 2.75) is 19.7 Å². The van der Waals surface area contributed by atoms with Crippen molar-refractivity contribution in [3.05, 3.63) is 41.3 Å². The molecule has 1 aliphatic heterocycles. The molecule has 0 atom stereocenters. The van der Waals surface area contributed by atoms with Crippen molar-refractivity contribution in [3.8, 4) is 5.88 Å². The van der Waals surface area contributed by atoms with Gasteiger partial charge in [0.1, 0.15) is 12.3 Å². The number of hydrogen-bond acceptors (Lipinski definition) is 5. The van der Waals surface area contributed by atoms with Gasteiger partial charge in [0, 0.05) is 38.0 Å². The molecule has 2 aromatic rings. The van der Waals surface area contributed by atoms with Crippen molar-refractivity contribution in [1.29, 1.82) is 0 Å². The zero-order valence-electron chi connectivity index (χ0n) is 11.8. The fourth-order valence-corrected chi connectivity index (χ4v) is 2.35. The highest BCUT2D eigenvalue weighted by Crippen LogP contribution is 2.24. The first kappa shape index (κ1) is 13.6. The Labute approximate surface area is 122 Å². The van der Waals surface area contributed by atoms with Crippen molar-refractivity contribution < 1.29 is 9.53 Å². The maximum absolute atomic E-state index is 11.4. The van der Waals surface area contributed by atoms with Crippen LogP contribution in [0.25, 0.3) is 0 Å². The number of ether oxygens (including phenoxy) is 1. The molecule has 0 saturated heterocycles. The number of pyridine rings is 1. The van der Waals surface area contributed by atoms with E-state index in [1.54, 1.807) is 13.2 Å². The summed E-state index contributed by atoms with van der Waals surface area (Å²) in [6, 6.07) is 5.53. The van der Waals surface area contributed by atoms with Crippen LogP contribution in [0.4, 0.5) is 0 Å². The maximum Gasteiger partial charge on any atom is 0.233 e. The Morgan fingerprint density at radius 1 is 1.48 bits per heavy atom. The molecule has 0 aromatic carbocycles. The van der Waals surface area contributed by atoms with E-state index in [2.05, 4.69) is 25.4 Å². The summed E-state index contributed by atoms with van der Waals surface area (Å²) in [7, 11) is 1.64. The first-order chi connectivity index (χ1) is 10.3. The molecule has 0 unspecified atom stereocenters. The summed E-state index contributed by atoms with van der Waals surface area (Å²) in [6.07, 6.45) is 1.69. The molecule has 2 aromatic heterocycles. The molecule has 7 nitrogen and oxygen atoms in total. The topological polar surface area (TPSA) is 83.1 Å². The summed E-state index contributed by atoms with van der Waals surface area (Å²) >= 11 is 0. The van der Waals surface area contributed by atoms with Gasteiger partial charge < -0.3 is 10.1 Å². The van der Waals surface area contributed by atoms with E-state index >= 15 is 0 Å². The smallest absolute Gasteiger partial charge is 0.233 e. The number of hydrogen-bond donors (Lipinski definition) is 2. The summed E-state index contributed by atoms with van der Waals surface area (Å²) in [5, 5.41) is 9.93. The van der Waals surface area contributed by atoms with E-state index in [1.807, 2.05) is 18.2 Å². The molecule has 0 radical (unpaired) electrons. The molecule has 3 rings (SSSR count). The molecule has 110 valence electrons. The van der Waals surface area contributed by atoms with Crippen molar-refractivity contribution in [1.82, 2.24) is 25.4 Å². The molecular weight excluding hydrogens is 270 g/mol. The first-order valence-corrected chi connectivity index (χ1v) is 6.78. The minimum atomic E-state index is 0.0133. The largest absolute Gasteiger partial charge is 0.471 e. The third-order valence-corrected chi connectivity index (χ3v) is 3.44. The van der Waals surface area contributed by atoms with Gasteiger partial charge in [-0.25, -0.2) is 4.98 Å². The third kappa shape index (κ3) is 3.03. The zero-order valence-corrected chi connectivity index (χ0v) is 11.8. The van der Waals surface area contributed by atoms with E-state index in [-0.39, 0.29) is 5.91 Å². The van der Waals surface area contributed by atoms with Crippen molar-refractivity contribution >= 4 is 5.91 Å². The van der Waals surface area contributed by atoms with Crippen LogP contribution < -0.4 is 10.1 Å². The fraction of sp³-hybridized carbons (Fsp3) is 0.357. The number of aromatic amines is 1. The Hall–Kier alpha value is -2.41. The van der Waals surface area contributed by atoms with E-state index in [0.29, 0.717) is 32.1 Å². The fourth-order valence-electron chi connectivity index (χ4n) is 2.35. The van der Waals surface area contributed by atoms with E-state index in [1.165, 1.54) is 0 Å². The van der Waals surface area contributed by atoms with Crippen molar-refractivity contribution in [2.75, 3.05) is 13.6 Å². The predicted octanol–water partition coefficient (Wildman–Crippen LogP) is 0.445. The number of nitrogens with zero attached hydrogens (tertiary/aromatic N) is 3. The summed E-state index contributed by atoms with van der Waals surface area (Å²) in [5.41, 5.74) is 3.04. The van der Waals surface area contributed by atoms with E-state index in [0.717, 1.165) is 17.0 Å². The standard InChI is InChI=1S/C14H17N5O2/c1-15-13(20)8-19-6-10-11(7-19)17-18-12(10)9-21-14-4-2-3-5-16-14/h2-5H,6-9H2,1H3,(H,15,20)(H,17,18). The average Bonchev–Trinajstić information content (AvgIpc) is 3.06. The van der Waals surface area contributed by atoms with Gasteiger partial charge in [-0.3, -0.25) is 14.8 Å². The maximum atomic E-state index is 11.4. The van der Waals surface area contributed by atoms with Crippen LogP contribution in [0.3, 0.4) is 0 Å². The summed E-state index contributed by atoms with van der Waals surface area (Å²) in [5.74, 6) is 0.592. The van der Waals surface area contributed by atoms with Crippen LogP contribution >= 0.6 is 0 Å². The molecule has 1 amide bonds. The van der Waals surface area contributed by atoms with Gasteiger partial charge in [0.05, 0.1) is 12.2 Å². The van der Waals surface area contributed by atoms with Gasteiger partial charge in [-0.1, -0.05) is 6.07 Å². The summed E-state index contributed by atoms with van der Waals surface area (Å²) in [4.78, 5) is 17.6. The molecule has 0 saturated carbocycles. The number of rotatable bonds is 5. The summed E-state index contributed by atoms with van der Waals surface area (Å²) < 4.78 is 5.62. The van der Waals surface area contributed by atoms with Crippen LogP contribution in [0.2, 0.25) is 0 Å². The van der Waals surface area contributed by atoms with Gasteiger partial charge in [-0.2, -0.15) is 5.10 Å². The number of carbonyl (C=O) groups is 1. The highest BCUT2D eigenvalue weighted by atomic mass is 16.5. The normalized spacial score (nSPS) is 14.0. The molecule has 2 N–H and O–H groups in total. The Kier molecular flexibility index (Phi) is 3.83. The Balaban J connectivity index is 1.62. The van der Waals surface area contributed by atoms with Gasteiger partial charge in [-0.15, -0.1) is 0 Å². The highest BCUT2D eigenvalue weighted by molar-refractivity contribution is 5.77. The van der Waals surface area contributed by atoms with Gasteiger partial charge in [0.2, 0.25) is 11.8 Å². The van der Waals surface area contributed by atoms with Crippen LogP contribution in [0.1, 0.15) is 17.0 Å². The number of aromatic nitrogens is 3. The monoisotopic (exact) mass is 287 g/mol. The van der Waals surface area contributed by atoms with Crippen LogP contribution in [-0.4, -0.2) is 39.6 Å². The number of nitrogens with one attached hydrogen (secondary N) is 2. The second-order valence-electron chi connectivity index (χ2n) is 4.90. The lowest BCUT2D eigenvalue weighted by atomic mass is 10.2. The molecule has 0 aliphatic carbocycles. The zero-order chi connectivity index (χ0) is 14.7. The molecule has 1 aliphatic rings. The molecule has 7 heteroatoms. The molecular formula is C14H17N5O2. The van der Waals surface area contributed by atoms with Gasteiger partial charge in [-0.05, 0) is 6.07 Å². The lowest BCUT2D eigenvalue weighted by Crippen LogP contribution is -2.32. The Morgan fingerprint density at radius 3 is 3.14 bits per heavy atom. The molecule has 0 bridgehead atoms. The lowest BCUT2D eigenvalue weighted by Gasteiger charge is -2.13. The minimum absolute atomic E-state index is 0.0133. The predicted molar refractivity (Wildman–Crippen MR) is 75.3 cm³/mol.